The second-order valence-corrected chi connectivity index (χ2v) is 5.31. The predicted octanol–water partition coefficient (Wildman–Crippen LogP) is 3.18. The zero-order valence-electron chi connectivity index (χ0n) is 10.6. The van der Waals surface area contributed by atoms with E-state index in [1.807, 2.05) is 32.2 Å². The molecule has 0 spiro atoms. The Kier molecular flexibility index (Phi) is 3.00. The number of aromatic nitrogens is 3. The normalized spacial score (nSPS) is 10.6. The average Bonchev–Trinajstić information content (AvgIpc) is 2.78. The van der Waals surface area contributed by atoms with Crippen molar-refractivity contribution in [3.63, 3.8) is 0 Å². The van der Waals surface area contributed by atoms with Gasteiger partial charge in [0.25, 0.3) is 0 Å². The molecule has 0 aliphatic heterocycles. The van der Waals surface area contributed by atoms with Crippen molar-refractivity contribution in [1.82, 2.24) is 15.0 Å². The molecule has 2 N–H and O–H groups in total. The summed E-state index contributed by atoms with van der Waals surface area (Å²) in [5, 5.41) is 7.31. The standard InChI is InChI=1S/C13H13N5S/c1-8-17-10-5-9(3-4-11(10)19-8)18-13-6-12(14-2)15-7-16-13/h3-7H,1-2H3,(H2,14,15,16,18). The number of hydrogen-bond donors (Lipinski definition) is 2. The van der Waals surface area contributed by atoms with Crippen LogP contribution in [0.1, 0.15) is 5.01 Å². The van der Waals surface area contributed by atoms with Crippen molar-refractivity contribution in [3.05, 3.63) is 35.6 Å². The molecule has 2 aromatic heterocycles. The summed E-state index contributed by atoms with van der Waals surface area (Å²) in [6.07, 6.45) is 1.53. The second-order valence-electron chi connectivity index (χ2n) is 4.08. The monoisotopic (exact) mass is 271 g/mol. The van der Waals surface area contributed by atoms with Crippen molar-refractivity contribution in [3.8, 4) is 0 Å². The number of thiazole rings is 1. The quantitative estimate of drug-likeness (QED) is 0.766. The predicted molar refractivity (Wildman–Crippen MR) is 79.2 cm³/mol. The van der Waals surface area contributed by atoms with E-state index in [2.05, 4.69) is 31.7 Å². The highest BCUT2D eigenvalue weighted by molar-refractivity contribution is 7.18. The molecule has 0 amide bonds. The van der Waals surface area contributed by atoms with E-state index in [-0.39, 0.29) is 0 Å². The van der Waals surface area contributed by atoms with E-state index in [1.54, 1.807) is 11.3 Å². The van der Waals surface area contributed by atoms with E-state index in [0.29, 0.717) is 0 Å². The SMILES string of the molecule is CNc1cc(Nc2ccc3sc(C)nc3c2)ncn1. The molecule has 0 saturated heterocycles. The Morgan fingerprint density at radius 3 is 2.79 bits per heavy atom. The Morgan fingerprint density at radius 2 is 1.95 bits per heavy atom. The Bertz CT molecular complexity index is 722. The second kappa shape index (κ2) is 4.81. The zero-order chi connectivity index (χ0) is 13.2. The fourth-order valence-corrected chi connectivity index (χ4v) is 2.64. The van der Waals surface area contributed by atoms with Crippen LogP contribution in [0.5, 0.6) is 0 Å². The van der Waals surface area contributed by atoms with E-state index >= 15 is 0 Å². The number of anilines is 3. The highest BCUT2D eigenvalue weighted by atomic mass is 32.1. The number of hydrogen-bond acceptors (Lipinski definition) is 6. The summed E-state index contributed by atoms with van der Waals surface area (Å²) in [4.78, 5) is 12.8. The van der Waals surface area contributed by atoms with Gasteiger partial charge < -0.3 is 10.6 Å². The van der Waals surface area contributed by atoms with Crippen LogP contribution < -0.4 is 10.6 Å². The number of nitrogens with zero attached hydrogens (tertiary/aromatic N) is 3. The van der Waals surface area contributed by atoms with E-state index in [0.717, 1.165) is 27.8 Å². The fourth-order valence-electron chi connectivity index (χ4n) is 1.83. The fraction of sp³-hybridized carbons (Fsp3) is 0.154. The van der Waals surface area contributed by atoms with Crippen molar-refractivity contribution in [2.75, 3.05) is 17.7 Å². The number of benzene rings is 1. The van der Waals surface area contributed by atoms with Crippen molar-refractivity contribution >= 4 is 38.9 Å². The molecular formula is C13H13N5S. The summed E-state index contributed by atoms with van der Waals surface area (Å²) in [6, 6.07) is 7.99. The molecule has 0 aliphatic carbocycles. The van der Waals surface area contributed by atoms with Gasteiger partial charge in [0.05, 0.1) is 15.2 Å². The summed E-state index contributed by atoms with van der Waals surface area (Å²) in [5.74, 6) is 1.54. The minimum Gasteiger partial charge on any atom is -0.373 e. The van der Waals surface area contributed by atoms with Gasteiger partial charge in [-0.1, -0.05) is 0 Å². The molecule has 0 atom stereocenters. The molecule has 0 saturated carbocycles. The molecule has 96 valence electrons. The molecule has 0 unspecified atom stereocenters. The highest BCUT2D eigenvalue weighted by Crippen LogP contribution is 2.25. The number of aryl methyl sites for hydroxylation is 1. The first-order chi connectivity index (χ1) is 9.24. The van der Waals surface area contributed by atoms with Crippen LogP contribution in [0.3, 0.4) is 0 Å². The third-order valence-electron chi connectivity index (χ3n) is 2.69. The number of fused-ring (bicyclic) bond motifs is 1. The zero-order valence-corrected chi connectivity index (χ0v) is 11.5. The van der Waals surface area contributed by atoms with Gasteiger partial charge in [-0.05, 0) is 25.1 Å². The lowest BCUT2D eigenvalue weighted by atomic mass is 10.3. The first-order valence-corrected chi connectivity index (χ1v) is 6.70. The molecule has 0 aliphatic rings. The Morgan fingerprint density at radius 1 is 1.11 bits per heavy atom. The maximum Gasteiger partial charge on any atom is 0.135 e. The van der Waals surface area contributed by atoms with Gasteiger partial charge in [-0.15, -0.1) is 11.3 Å². The average molecular weight is 271 g/mol. The van der Waals surface area contributed by atoms with Crippen LogP contribution in [-0.4, -0.2) is 22.0 Å². The molecule has 3 rings (SSSR count). The molecule has 0 fully saturated rings. The molecule has 2 heterocycles. The largest absolute Gasteiger partial charge is 0.373 e. The van der Waals surface area contributed by atoms with Gasteiger partial charge in [-0.3, -0.25) is 0 Å². The van der Waals surface area contributed by atoms with Crippen molar-refractivity contribution in [2.45, 2.75) is 6.92 Å². The van der Waals surface area contributed by atoms with Crippen molar-refractivity contribution in [1.29, 1.82) is 0 Å². The maximum atomic E-state index is 4.48. The topological polar surface area (TPSA) is 62.7 Å². The highest BCUT2D eigenvalue weighted by Gasteiger charge is 2.03. The van der Waals surface area contributed by atoms with Gasteiger partial charge in [0.2, 0.25) is 0 Å². The lowest BCUT2D eigenvalue weighted by Gasteiger charge is -2.06. The van der Waals surface area contributed by atoms with Gasteiger partial charge in [0.15, 0.2) is 0 Å². The van der Waals surface area contributed by atoms with E-state index < -0.39 is 0 Å². The molecular weight excluding hydrogens is 258 g/mol. The van der Waals surface area contributed by atoms with E-state index in [1.165, 1.54) is 11.0 Å². The summed E-state index contributed by atoms with van der Waals surface area (Å²) in [5.41, 5.74) is 1.98. The number of rotatable bonds is 3. The van der Waals surface area contributed by atoms with Crippen LogP contribution in [0.15, 0.2) is 30.6 Å². The van der Waals surface area contributed by atoms with Crippen LogP contribution >= 0.6 is 11.3 Å². The van der Waals surface area contributed by atoms with Gasteiger partial charge in [0, 0.05) is 18.8 Å². The van der Waals surface area contributed by atoms with Crippen LogP contribution in [0.2, 0.25) is 0 Å². The summed E-state index contributed by atoms with van der Waals surface area (Å²) in [6.45, 7) is 2.02. The smallest absolute Gasteiger partial charge is 0.135 e. The van der Waals surface area contributed by atoms with Gasteiger partial charge in [-0.25, -0.2) is 15.0 Å². The number of nitrogens with one attached hydrogen (secondary N) is 2. The first kappa shape index (κ1) is 11.9. The van der Waals surface area contributed by atoms with Crippen LogP contribution in [0, 0.1) is 6.92 Å². The van der Waals surface area contributed by atoms with Crippen LogP contribution in [0.4, 0.5) is 17.3 Å². The van der Waals surface area contributed by atoms with Gasteiger partial charge in [-0.2, -0.15) is 0 Å². The summed E-state index contributed by atoms with van der Waals surface area (Å²) >= 11 is 1.70. The third kappa shape index (κ3) is 2.48. The lowest BCUT2D eigenvalue weighted by Crippen LogP contribution is -1.97. The Balaban J connectivity index is 1.91. The Labute approximate surface area is 114 Å². The molecule has 19 heavy (non-hydrogen) atoms. The molecule has 3 aromatic rings. The third-order valence-corrected chi connectivity index (χ3v) is 3.64. The minimum atomic E-state index is 0.755. The van der Waals surface area contributed by atoms with Gasteiger partial charge in [0.1, 0.15) is 18.0 Å². The molecule has 0 bridgehead atoms. The molecule has 0 radical (unpaired) electrons. The van der Waals surface area contributed by atoms with Crippen LogP contribution in [0.25, 0.3) is 10.2 Å². The summed E-state index contributed by atoms with van der Waals surface area (Å²) < 4.78 is 1.20. The molecule has 5 nitrogen and oxygen atoms in total. The van der Waals surface area contributed by atoms with E-state index in [9.17, 15) is 0 Å². The maximum absolute atomic E-state index is 4.48. The Hall–Kier alpha value is -2.21. The van der Waals surface area contributed by atoms with Crippen molar-refractivity contribution in [2.24, 2.45) is 0 Å². The lowest BCUT2D eigenvalue weighted by molar-refractivity contribution is 1.16. The van der Waals surface area contributed by atoms with E-state index in [4.69, 9.17) is 0 Å². The molecule has 6 heteroatoms. The molecule has 1 aromatic carbocycles. The van der Waals surface area contributed by atoms with Crippen LogP contribution in [-0.2, 0) is 0 Å². The minimum absolute atomic E-state index is 0.755. The van der Waals surface area contributed by atoms with Crippen molar-refractivity contribution < 1.29 is 0 Å². The first-order valence-electron chi connectivity index (χ1n) is 5.88. The summed E-state index contributed by atoms with van der Waals surface area (Å²) in [7, 11) is 1.83. The van der Waals surface area contributed by atoms with Gasteiger partial charge >= 0.3 is 0 Å².